The van der Waals surface area contributed by atoms with Gasteiger partial charge >= 0.3 is 5.97 Å². The fraction of sp³-hybridized carbons (Fsp3) is 0.381. The molecule has 29 heavy (non-hydrogen) atoms. The van der Waals surface area contributed by atoms with Gasteiger partial charge in [-0.05, 0) is 31.0 Å². The van der Waals surface area contributed by atoms with E-state index in [0.29, 0.717) is 18.8 Å². The van der Waals surface area contributed by atoms with E-state index in [0.717, 1.165) is 46.3 Å². The van der Waals surface area contributed by atoms with Crippen molar-refractivity contribution in [2.24, 2.45) is 0 Å². The summed E-state index contributed by atoms with van der Waals surface area (Å²) < 4.78 is 13.2. The fourth-order valence-electron chi connectivity index (χ4n) is 4.03. The van der Waals surface area contributed by atoms with Gasteiger partial charge < -0.3 is 9.47 Å². The van der Waals surface area contributed by atoms with Crippen molar-refractivity contribution in [2.45, 2.75) is 33.1 Å². The van der Waals surface area contributed by atoms with Crippen LogP contribution in [0.5, 0.6) is 0 Å². The first-order valence-electron chi connectivity index (χ1n) is 9.68. The number of aromatic nitrogens is 3. The fourth-order valence-corrected chi connectivity index (χ4v) is 4.73. The van der Waals surface area contributed by atoms with E-state index >= 15 is 0 Å². The van der Waals surface area contributed by atoms with Crippen molar-refractivity contribution >= 4 is 17.3 Å². The molecule has 4 heterocycles. The van der Waals surface area contributed by atoms with Crippen LogP contribution in [0, 0.1) is 13.8 Å². The molecule has 1 unspecified atom stereocenters. The molecule has 2 aliphatic rings. The van der Waals surface area contributed by atoms with Gasteiger partial charge in [-0.15, -0.1) is 0 Å². The first-order valence-corrected chi connectivity index (χ1v) is 10.5. The standard InChI is InChI=1S/C21H22N4O3S/c1-13-16(3-4-17-18(13)12-28-21(17)26)19-11-24(5-6-27-19)9-15-7-23-25(10-15)20-8-22-14(2)29-20/h3-4,7-8,10,19H,5-6,9,11-12H2,1-2H3. The van der Waals surface area contributed by atoms with Gasteiger partial charge in [0.05, 0.1) is 35.7 Å². The van der Waals surface area contributed by atoms with Crippen LogP contribution in [-0.2, 0) is 22.6 Å². The maximum absolute atomic E-state index is 11.8. The van der Waals surface area contributed by atoms with Gasteiger partial charge in [0.15, 0.2) is 0 Å². The molecule has 0 saturated carbocycles. The summed E-state index contributed by atoms with van der Waals surface area (Å²) in [5.74, 6) is -0.228. The molecule has 1 saturated heterocycles. The molecular formula is C21H22N4O3S. The molecule has 2 aliphatic heterocycles. The Kier molecular flexibility index (Phi) is 4.69. The minimum Gasteiger partial charge on any atom is -0.457 e. The zero-order chi connectivity index (χ0) is 20.0. The smallest absolute Gasteiger partial charge is 0.338 e. The monoisotopic (exact) mass is 410 g/mol. The Morgan fingerprint density at radius 2 is 2.17 bits per heavy atom. The molecule has 3 aromatic rings. The molecule has 8 heteroatoms. The molecule has 150 valence electrons. The Labute approximate surface area is 172 Å². The Balaban J connectivity index is 1.31. The van der Waals surface area contributed by atoms with Crippen LogP contribution < -0.4 is 0 Å². The average Bonchev–Trinajstić information content (AvgIpc) is 3.43. The minimum absolute atomic E-state index is 0.0102. The lowest BCUT2D eigenvalue weighted by Crippen LogP contribution is -2.38. The quantitative estimate of drug-likeness (QED) is 0.616. The third-order valence-electron chi connectivity index (χ3n) is 5.58. The number of rotatable bonds is 4. The zero-order valence-corrected chi connectivity index (χ0v) is 17.2. The largest absolute Gasteiger partial charge is 0.457 e. The zero-order valence-electron chi connectivity index (χ0n) is 16.4. The number of nitrogens with zero attached hydrogens (tertiary/aromatic N) is 4. The second-order valence-electron chi connectivity index (χ2n) is 7.49. The molecule has 0 N–H and O–H groups in total. The predicted molar refractivity (Wildman–Crippen MR) is 108 cm³/mol. The third kappa shape index (κ3) is 3.48. The van der Waals surface area contributed by atoms with Crippen LogP contribution in [0.4, 0.5) is 0 Å². The molecule has 0 spiro atoms. The predicted octanol–water partition coefficient (Wildman–Crippen LogP) is 3.19. The van der Waals surface area contributed by atoms with E-state index in [2.05, 4.69) is 28.1 Å². The van der Waals surface area contributed by atoms with Gasteiger partial charge in [-0.2, -0.15) is 5.10 Å². The lowest BCUT2D eigenvalue weighted by molar-refractivity contribution is -0.0332. The van der Waals surface area contributed by atoms with Gasteiger partial charge in [0.25, 0.3) is 0 Å². The van der Waals surface area contributed by atoms with Crippen molar-refractivity contribution < 1.29 is 14.3 Å². The Morgan fingerprint density at radius 1 is 1.28 bits per heavy atom. The van der Waals surface area contributed by atoms with Crippen LogP contribution in [0.25, 0.3) is 5.00 Å². The van der Waals surface area contributed by atoms with Gasteiger partial charge in [0.1, 0.15) is 11.6 Å². The van der Waals surface area contributed by atoms with E-state index < -0.39 is 0 Å². The van der Waals surface area contributed by atoms with E-state index in [-0.39, 0.29) is 12.1 Å². The number of ether oxygens (including phenoxy) is 2. The first kappa shape index (κ1) is 18.5. The van der Waals surface area contributed by atoms with E-state index in [1.807, 2.05) is 36.1 Å². The second-order valence-corrected chi connectivity index (χ2v) is 8.70. The van der Waals surface area contributed by atoms with E-state index in [4.69, 9.17) is 9.47 Å². The molecule has 2 aromatic heterocycles. The highest BCUT2D eigenvalue weighted by atomic mass is 32.1. The van der Waals surface area contributed by atoms with Crippen LogP contribution >= 0.6 is 11.3 Å². The lowest BCUT2D eigenvalue weighted by Gasteiger charge is -2.33. The molecule has 1 fully saturated rings. The Morgan fingerprint density at radius 3 is 3.00 bits per heavy atom. The highest BCUT2D eigenvalue weighted by Crippen LogP contribution is 2.32. The van der Waals surface area contributed by atoms with Gasteiger partial charge in [-0.1, -0.05) is 17.4 Å². The summed E-state index contributed by atoms with van der Waals surface area (Å²) in [5, 5.41) is 6.55. The van der Waals surface area contributed by atoms with Gasteiger partial charge in [-0.3, -0.25) is 4.90 Å². The average molecular weight is 410 g/mol. The van der Waals surface area contributed by atoms with Gasteiger partial charge in [-0.25, -0.2) is 14.5 Å². The molecule has 1 aromatic carbocycles. The highest BCUT2D eigenvalue weighted by molar-refractivity contribution is 7.14. The van der Waals surface area contributed by atoms with Gasteiger partial charge in [0.2, 0.25) is 0 Å². The summed E-state index contributed by atoms with van der Waals surface area (Å²) in [6.07, 6.45) is 5.83. The summed E-state index contributed by atoms with van der Waals surface area (Å²) in [6.45, 7) is 7.60. The Hall–Kier alpha value is -2.55. The number of cyclic esters (lactones) is 1. The molecule has 1 atom stereocenters. The number of carbonyl (C=O) groups excluding carboxylic acids is 1. The van der Waals surface area contributed by atoms with Crippen LogP contribution in [0.1, 0.15) is 43.7 Å². The molecule has 0 radical (unpaired) electrons. The molecule has 5 rings (SSSR count). The van der Waals surface area contributed by atoms with E-state index in [1.165, 1.54) is 5.56 Å². The van der Waals surface area contributed by atoms with Crippen LogP contribution in [0.3, 0.4) is 0 Å². The molecule has 0 amide bonds. The number of morpholine rings is 1. The minimum atomic E-state index is -0.228. The summed E-state index contributed by atoms with van der Waals surface area (Å²) in [4.78, 5) is 18.5. The maximum atomic E-state index is 11.8. The number of hydrogen-bond donors (Lipinski definition) is 0. The normalized spacial score (nSPS) is 19.4. The number of esters is 1. The highest BCUT2D eigenvalue weighted by Gasteiger charge is 2.29. The van der Waals surface area contributed by atoms with E-state index in [1.54, 1.807) is 11.3 Å². The van der Waals surface area contributed by atoms with Crippen molar-refractivity contribution in [3.8, 4) is 5.00 Å². The van der Waals surface area contributed by atoms with E-state index in [9.17, 15) is 4.79 Å². The molecule has 0 aliphatic carbocycles. The summed E-state index contributed by atoms with van der Waals surface area (Å²) in [6, 6.07) is 3.88. The van der Waals surface area contributed by atoms with Crippen LogP contribution in [0.15, 0.2) is 30.7 Å². The number of carbonyl (C=O) groups is 1. The van der Waals surface area contributed by atoms with Crippen LogP contribution in [0.2, 0.25) is 0 Å². The third-order valence-corrected chi connectivity index (χ3v) is 6.48. The maximum Gasteiger partial charge on any atom is 0.338 e. The lowest BCUT2D eigenvalue weighted by atomic mass is 9.94. The SMILES string of the molecule is Cc1ncc(-n2cc(CN3CCOC(c4ccc5c(c4C)COC5=O)C3)cn2)s1. The Bertz CT molecular complexity index is 1070. The number of benzene rings is 1. The van der Waals surface area contributed by atoms with Crippen molar-refractivity contribution in [3.05, 3.63) is 63.5 Å². The van der Waals surface area contributed by atoms with Crippen molar-refractivity contribution in [2.75, 3.05) is 19.7 Å². The summed E-state index contributed by atoms with van der Waals surface area (Å²) in [7, 11) is 0. The number of thiazole rings is 1. The number of fused-ring (bicyclic) bond motifs is 1. The van der Waals surface area contributed by atoms with Crippen molar-refractivity contribution in [3.63, 3.8) is 0 Å². The summed E-state index contributed by atoms with van der Waals surface area (Å²) in [5.41, 5.74) is 5.09. The topological polar surface area (TPSA) is 69.5 Å². The van der Waals surface area contributed by atoms with Crippen molar-refractivity contribution in [1.82, 2.24) is 19.7 Å². The molecule has 0 bridgehead atoms. The number of hydrogen-bond acceptors (Lipinski definition) is 7. The summed E-state index contributed by atoms with van der Waals surface area (Å²) >= 11 is 1.63. The van der Waals surface area contributed by atoms with Crippen molar-refractivity contribution in [1.29, 1.82) is 0 Å². The van der Waals surface area contributed by atoms with Gasteiger partial charge in [0, 0.05) is 37.0 Å². The second kappa shape index (κ2) is 7.37. The molecule has 7 nitrogen and oxygen atoms in total. The number of aryl methyl sites for hydroxylation is 1. The first-order chi connectivity index (χ1) is 14.1. The van der Waals surface area contributed by atoms with Crippen LogP contribution in [-0.4, -0.2) is 45.3 Å². The molecular weight excluding hydrogens is 388 g/mol.